The van der Waals surface area contributed by atoms with Crippen molar-refractivity contribution >= 4 is 29.4 Å². The van der Waals surface area contributed by atoms with Crippen LogP contribution >= 0.6 is 0 Å². The van der Waals surface area contributed by atoms with Crippen LogP contribution in [0.5, 0.6) is 5.75 Å². The minimum atomic E-state index is -1.36. The Morgan fingerprint density at radius 2 is 1.48 bits per heavy atom. The number of carboxylic acid groups (broad SMARTS) is 2. The zero-order valence-electron chi connectivity index (χ0n) is 13.9. The first-order chi connectivity index (χ1) is 12.8. The lowest BCUT2D eigenvalue weighted by molar-refractivity contribution is -0.136. The summed E-state index contributed by atoms with van der Waals surface area (Å²) < 4.78 is 0. The van der Waals surface area contributed by atoms with Crippen LogP contribution in [0.2, 0.25) is 0 Å². The van der Waals surface area contributed by atoms with E-state index in [1.807, 2.05) is 0 Å². The zero-order valence-corrected chi connectivity index (χ0v) is 13.9. The number of hydrogen-bond donors (Lipinski definition) is 5. The molecule has 2 aromatic carbocycles. The summed E-state index contributed by atoms with van der Waals surface area (Å²) in [7, 11) is 0. The second-order valence-electron chi connectivity index (χ2n) is 5.47. The quantitative estimate of drug-likeness (QED) is 0.494. The Bertz CT molecular complexity index is 891. The van der Waals surface area contributed by atoms with Gasteiger partial charge in [-0.2, -0.15) is 0 Å². The van der Waals surface area contributed by atoms with Gasteiger partial charge in [-0.25, -0.2) is 4.79 Å². The van der Waals surface area contributed by atoms with Crippen molar-refractivity contribution in [3.05, 3.63) is 59.2 Å². The molecule has 9 nitrogen and oxygen atoms in total. The number of benzene rings is 2. The number of aliphatic carboxylic acids is 1. The van der Waals surface area contributed by atoms with Crippen LogP contribution in [0.3, 0.4) is 0 Å². The van der Waals surface area contributed by atoms with Gasteiger partial charge in [0.05, 0.1) is 6.42 Å². The van der Waals surface area contributed by atoms with Crippen LogP contribution in [0.4, 0.5) is 5.69 Å². The minimum Gasteiger partial charge on any atom is -0.507 e. The maximum absolute atomic E-state index is 12.2. The standard InChI is InChI=1S/C18H16N2O7/c21-14-6-3-11(9-13(14)18(26)27)17(25)20-12-4-1-10(2-5-12)16(24)19-8-7-15(22)23/h1-6,9,21H,7-8H2,(H,19,24)(H,20,25)(H,22,23)(H,26,27). The smallest absolute Gasteiger partial charge is 0.339 e. The maximum atomic E-state index is 12.2. The lowest BCUT2D eigenvalue weighted by Gasteiger charge is -2.08. The van der Waals surface area contributed by atoms with Crippen LogP contribution < -0.4 is 10.6 Å². The fraction of sp³-hybridized carbons (Fsp3) is 0.111. The van der Waals surface area contributed by atoms with E-state index in [2.05, 4.69) is 10.6 Å². The summed E-state index contributed by atoms with van der Waals surface area (Å²) in [5.74, 6) is -3.86. The average Bonchev–Trinajstić information content (AvgIpc) is 2.62. The number of anilines is 1. The van der Waals surface area contributed by atoms with Crippen molar-refractivity contribution in [2.75, 3.05) is 11.9 Å². The van der Waals surface area contributed by atoms with Crippen molar-refractivity contribution < 1.29 is 34.5 Å². The predicted octanol–water partition coefficient (Wildman–Crippen LogP) is 1.55. The summed E-state index contributed by atoms with van der Waals surface area (Å²) in [6.45, 7) is -0.000578. The van der Waals surface area contributed by atoms with Gasteiger partial charge in [0.1, 0.15) is 11.3 Å². The molecule has 0 heterocycles. The maximum Gasteiger partial charge on any atom is 0.339 e. The highest BCUT2D eigenvalue weighted by Crippen LogP contribution is 2.19. The van der Waals surface area contributed by atoms with Gasteiger partial charge in [-0.1, -0.05) is 0 Å². The van der Waals surface area contributed by atoms with Crippen LogP contribution in [0.1, 0.15) is 37.5 Å². The molecule has 0 saturated carbocycles. The second-order valence-corrected chi connectivity index (χ2v) is 5.47. The summed E-state index contributed by atoms with van der Waals surface area (Å²) in [5, 5.41) is 32.0. The number of amides is 2. The highest BCUT2D eigenvalue weighted by atomic mass is 16.4. The molecule has 0 unspecified atom stereocenters. The first-order valence-electron chi connectivity index (χ1n) is 7.75. The average molecular weight is 372 g/mol. The molecule has 0 atom stereocenters. The molecule has 0 aliphatic carbocycles. The SMILES string of the molecule is O=C(O)CCNC(=O)c1ccc(NC(=O)c2ccc(O)c(C(=O)O)c2)cc1. The summed E-state index contributed by atoms with van der Waals surface area (Å²) in [4.78, 5) is 45.5. The molecular weight excluding hydrogens is 356 g/mol. The minimum absolute atomic E-state index is 0.000578. The fourth-order valence-electron chi connectivity index (χ4n) is 2.14. The van der Waals surface area contributed by atoms with Crippen LogP contribution in [0.25, 0.3) is 0 Å². The van der Waals surface area contributed by atoms with Crippen LogP contribution in [0, 0.1) is 0 Å². The van der Waals surface area contributed by atoms with Gasteiger partial charge in [-0.15, -0.1) is 0 Å². The van der Waals surface area contributed by atoms with E-state index in [0.717, 1.165) is 12.1 Å². The Balaban J connectivity index is 2.03. The first kappa shape index (κ1) is 19.4. The Kier molecular flexibility index (Phi) is 6.10. The van der Waals surface area contributed by atoms with E-state index in [1.54, 1.807) is 0 Å². The number of nitrogens with one attached hydrogen (secondary N) is 2. The highest BCUT2D eigenvalue weighted by molar-refractivity contribution is 6.06. The summed E-state index contributed by atoms with van der Waals surface area (Å²) in [5.41, 5.74) is 0.306. The van der Waals surface area contributed by atoms with E-state index in [9.17, 15) is 24.3 Å². The number of carbonyl (C=O) groups is 4. The van der Waals surface area contributed by atoms with Crippen molar-refractivity contribution in [1.82, 2.24) is 5.32 Å². The van der Waals surface area contributed by atoms with Crippen LogP contribution in [-0.2, 0) is 4.79 Å². The molecule has 2 rings (SSSR count). The number of aromatic hydroxyl groups is 1. The molecule has 2 amide bonds. The van der Waals surface area contributed by atoms with E-state index in [4.69, 9.17) is 10.2 Å². The Labute approximate surface area is 153 Å². The number of rotatable bonds is 7. The second kappa shape index (κ2) is 8.48. The van der Waals surface area contributed by atoms with Gasteiger partial charge in [0.2, 0.25) is 0 Å². The van der Waals surface area contributed by atoms with Gasteiger partial charge < -0.3 is 26.0 Å². The monoisotopic (exact) mass is 372 g/mol. The summed E-state index contributed by atoms with van der Waals surface area (Å²) in [6.07, 6.45) is -0.190. The number of aromatic carboxylic acids is 1. The summed E-state index contributed by atoms with van der Waals surface area (Å²) >= 11 is 0. The third-order valence-corrected chi connectivity index (χ3v) is 3.52. The van der Waals surface area contributed by atoms with Gasteiger partial charge in [-0.05, 0) is 42.5 Å². The van der Waals surface area contributed by atoms with E-state index < -0.39 is 35.1 Å². The number of hydrogen-bond acceptors (Lipinski definition) is 5. The van der Waals surface area contributed by atoms with Crippen molar-refractivity contribution in [2.24, 2.45) is 0 Å². The lowest BCUT2D eigenvalue weighted by atomic mass is 10.1. The molecule has 27 heavy (non-hydrogen) atoms. The normalized spacial score (nSPS) is 10.1. The van der Waals surface area contributed by atoms with E-state index in [-0.39, 0.29) is 24.1 Å². The van der Waals surface area contributed by atoms with Gasteiger partial charge in [0, 0.05) is 23.4 Å². The van der Waals surface area contributed by atoms with E-state index in [1.165, 1.54) is 30.3 Å². The predicted molar refractivity (Wildman–Crippen MR) is 94.0 cm³/mol. The highest BCUT2D eigenvalue weighted by Gasteiger charge is 2.14. The zero-order chi connectivity index (χ0) is 20.0. The molecular formula is C18H16N2O7. The van der Waals surface area contributed by atoms with Crippen molar-refractivity contribution in [3.63, 3.8) is 0 Å². The van der Waals surface area contributed by atoms with Crippen molar-refractivity contribution in [2.45, 2.75) is 6.42 Å². The molecule has 0 saturated heterocycles. The lowest BCUT2D eigenvalue weighted by Crippen LogP contribution is -2.25. The molecule has 140 valence electrons. The third kappa shape index (κ3) is 5.30. The van der Waals surface area contributed by atoms with Gasteiger partial charge in [0.15, 0.2) is 0 Å². The Morgan fingerprint density at radius 3 is 2.07 bits per heavy atom. The molecule has 0 aromatic heterocycles. The number of carbonyl (C=O) groups excluding carboxylic acids is 2. The third-order valence-electron chi connectivity index (χ3n) is 3.52. The Morgan fingerprint density at radius 1 is 0.852 bits per heavy atom. The van der Waals surface area contributed by atoms with Crippen LogP contribution in [-0.4, -0.2) is 45.6 Å². The molecule has 0 aliphatic rings. The molecule has 5 N–H and O–H groups in total. The van der Waals surface area contributed by atoms with E-state index in [0.29, 0.717) is 5.69 Å². The van der Waals surface area contributed by atoms with Crippen LogP contribution in [0.15, 0.2) is 42.5 Å². The van der Waals surface area contributed by atoms with Gasteiger partial charge >= 0.3 is 11.9 Å². The van der Waals surface area contributed by atoms with Gasteiger partial charge in [-0.3, -0.25) is 14.4 Å². The van der Waals surface area contributed by atoms with E-state index >= 15 is 0 Å². The van der Waals surface area contributed by atoms with Crippen molar-refractivity contribution in [1.29, 1.82) is 0 Å². The molecule has 0 bridgehead atoms. The van der Waals surface area contributed by atoms with Crippen molar-refractivity contribution in [3.8, 4) is 5.75 Å². The van der Waals surface area contributed by atoms with Gasteiger partial charge in [0.25, 0.3) is 11.8 Å². The topological polar surface area (TPSA) is 153 Å². The largest absolute Gasteiger partial charge is 0.507 e. The molecule has 0 radical (unpaired) electrons. The first-order valence-corrected chi connectivity index (χ1v) is 7.75. The Hall–Kier alpha value is -3.88. The molecule has 0 spiro atoms. The number of phenols is 1. The molecule has 2 aromatic rings. The molecule has 0 fully saturated rings. The molecule has 0 aliphatic heterocycles. The summed E-state index contributed by atoms with van der Waals surface area (Å²) in [6, 6.07) is 9.29. The molecule has 9 heteroatoms. The number of carboxylic acids is 2. The fourth-order valence-corrected chi connectivity index (χ4v) is 2.14.